The Balaban J connectivity index is 0.738. The predicted octanol–water partition coefficient (Wildman–Crippen LogP) is 10.9. The number of carboxylic acid groups (broad SMARTS) is 2. The molecule has 0 amide bonds. The van der Waals surface area contributed by atoms with Crippen molar-refractivity contribution in [1.29, 1.82) is 0 Å². The lowest BCUT2D eigenvalue weighted by atomic mass is 9.80. The first-order chi connectivity index (χ1) is 60.2. The van der Waals surface area contributed by atoms with Crippen LogP contribution in [0.5, 0.6) is 35.0 Å². The molecule has 0 fully saturated rings. The molecule has 0 bridgehead atoms. The number of fused-ring (bicyclic) bond motifs is 4. The van der Waals surface area contributed by atoms with E-state index in [-0.39, 0.29) is 155 Å². The minimum absolute atomic E-state index is 0.00103. The Morgan fingerprint density at radius 1 is 0.389 bits per heavy atom. The molecule has 630 valence electrons. The van der Waals surface area contributed by atoms with Gasteiger partial charge in [0.1, 0.15) is 32.8 Å². The zero-order valence-corrected chi connectivity index (χ0v) is 66.8. The average Bonchev–Trinajstić information content (AvgIpc) is 0.709. The molecule has 0 unspecified atom stereocenters. The number of anilines is 10. The first-order valence-electron chi connectivity index (χ1n) is 36.7. The van der Waals surface area contributed by atoms with Crippen LogP contribution < -0.4 is 62.0 Å². The number of benzene rings is 10. The summed E-state index contributed by atoms with van der Waals surface area (Å²) in [6.45, 7) is -0.532. The van der Waals surface area contributed by atoms with Gasteiger partial charge in [0.25, 0.3) is 54.4 Å². The summed E-state index contributed by atoms with van der Waals surface area (Å²) in [5, 5.41) is 37.8. The number of aromatic carboxylic acids is 2. The van der Waals surface area contributed by atoms with Gasteiger partial charge in [-0.25, -0.2) is 9.59 Å². The fourth-order valence-corrected chi connectivity index (χ4v) is 16.2. The van der Waals surface area contributed by atoms with Crippen molar-refractivity contribution in [1.82, 2.24) is 39.0 Å². The molecule has 0 saturated carbocycles. The van der Waals surface area contributed by atoms with Gasteiger partial charge >= 0.3 is 24.0 Å². The van der Waals surface area contributed by atoms with E-state index in [4.69, 9.17) is 18.9 Å². The predicted molar refractivity (Wildman–Crippen MR) is 448 cm³/mol. The van der Waals surface area contributed by atoms with Crippen molar-refractivity contribution in [2.24, 2.45) is 14.1 Å². The van der Waals surface area contributed by atoms with Crippen LogP contribution in [0, 0.1) is 0 Å². The molecule has 16 rings (SSSR count). The number of hydrogen-bond acceptors (Lipinski definition) is 32. The van der Waals surface area contributed by atoms with Crippen LogP contribution in [0.25, 0.3) is 44.1 Å². The topological polar surface area (TPSA) is 571 Å². The molecule has 10 aromatic carbocycles. The Labute approximate surface area is 707 Å². The van der Waals surface area contributed by atoms with Crippen molar-refractivity contribution in [3.05, 3.63) is 277 Å². The van der Waals surface area contributed by atoms with Crippen LogP contribution in [0.15, 0.2) is 224 Å². The summed E-state index contributed by atoms with van der Waals surface area (Å²) >= 11 is 0. The summed E-state index contributed by atoms with van der Waals surface area (Å²) in [4.78, 5) is 160. The summed E-state index contributed by atoms with van der Waals surface area (Å²) in [6.07, 6.45) is 0. The highest BCUT2D eigenvalue weighted by atomic mass is 32.2. The van der Waals surface area contributed by atoms with Gasteiger partial charge in [-0.2, -0.15) is 55.2 Å². The van der Waals surface area contributed by atoms with Crippen molar-refractivity contribution < 1.29 is 106 Å². The van der Waals surface area contributed by atoms with E-state index in [9.17, 15) is 92.3 Å². The third-order valence-corrected chi connectivity index (χ3v) is 22.5. The number of pyridine rings is 2. The quantitative estimate of drug-likeness (QED) is 0.00862. The normalized spacial score (nSPS) is 12.0. The third-order valence-electron chi connectivity index (χ3n) is 19.9. The van der Waals surface area contributed by atoms with Crippen molar-refractivity contribution in [3.8, 4) is 57.3 Å². The summed E-state index contributed by atoms with van der Waals surface area (Å²) in [5.74, 6) is -8.90. The van der Waals surface area contributed by atoms with Crippen LogP contribution in [-0.4, -0.2) is 149 Å². The average molecular weight is 1760 g/mol. The molecule has 0 spiro atoms. The molecule has 0 atom stereocenters. The number of carboxylic acids is 2. The molecule has 0 saturated heterocycles. The first-order valence-corrected chi connectivity index (χ1v) is 41.1. The Bertz CT molecular complexity index is 7640. The van der Waals surface area contributed by atoms with Gasteiger partial charge in [-0.15, -0.1) is 0 Å². The highest BCUT2D eigenvalue weighted by Gasteiger charge is 2.38. The number of carbonyl (C=O) groups excluding carboxylic acids is 6. The van der Waals surface area contributed by atoms with Crippen molar-refractivity contribution >= 4 is 158 Å². The maximum absolute atomic E-state index is 15.0. The number of hydrogen-bond donors (Lipinski definition) is 11. The van der Waals surface area contributed by atoms with E-state index in [0.717, 1.165) is 77.4 Å². The monoisotopic (exact) mass is 1760 g/mol. The first kappa shape index (κ1) is 83.0. The maximum atomic E-state index is 15.0. The summed E-state index contributed by atoms with van der Waals surface area (Å²) in [6, 6.07) is 42.1. The highest BCUT2D eigenvalue weighted by molar-refractivity contribution is 7.86. The van der Waals surface area contributed by atoms with Gasteiger partial charge in [-0.1, -0.05) is 91.0 Å². The molecule has 4 heterocycles. The van der Waals surface area contributed by atoms with Gasteiger partial charge in [0, 0.05) is 94.8 Å². The Morgan fingerprint density at radius 3 is 1.26 bits per heavy atom. The largest absolute Gasteiger partial charge is 0.478 e. The lowest BCUT2D eigenvalue weighted by Gasteiger charge is -2.26. The molecule has 42 heteroatoms. The van der Waals surface area contributed by atoms with E-state index in [1.54, 1.807) is 54.6 Å². The molecule has 11 N–H and O–H groups in total. The smallest absolute Gasteiger partial charge is 0.335 e. The number of nitrogens with zero attached hydrogens (tertiary/aromatic N) is 8. The van der Waals surface area contributed by atoms with Gasteiger partial charge in [-0.05, 0) is 108 Å². The lowest BCUT2D eigenvalue weighted by Crippen LogP contribution is -2.29. The van der Waals surface area contributed by atoms with Crippen LogP contribution in [0.2, 0.25) is 0 Å². The van der Waals surface area contributed by atoms with Crippen LogP contribution in [-0.2, 0) is 54.0 Å². The Kier molecular flexibility index (Phi) is 21.5. The SMILES string of the molecule is Cn1c(=O)c(C(=O)c2ccccc2)c2c3c(c(Nc4ccc(S(=O)(=O)O)c(Nc5nc(NCCNc6nc(Nc7ccc(S(=O)(=O)O)c(Nc8ccc9c%10c8C(=O)c8ccccc8-c%10c(C(=O)c8cccc(S(=O)(=O)O)c8)c(=O)n9C)c7)nc(Oc7cc(OC=O)cc(C(=O)O)c7)n6)nc(Oc6cc(OC=O)cc(C(=O)O)c6)n5)c4)ccc31)C(=O)c1ccccc1-2. The van der Waals surface area contributed by atoms with Crippen LogP contribution in [0.4, 0.5) is 57.9 Å². The number of carbonyl (C=O) groups is 8. The minimum Gasteiger partial charge on any atom is -0.478 e. The van der Waals surface area contributed by atoms with E-state index in [1.807, 2.05) is 0 Å². The second-order valence-electron chi connectivity index (χ2n) is 27.7. The zero-order chi connectivity index (χ0) is 89.1. The fraction of sp³-hybridized carbons (Fsp3) is 0.0476. The molecular formula is C84H56N14O25S3. The number of aryl methyl sites for hydroxylation is 2. The zero-order valence-electron chi connectivity index (χ0n) is 64.3. The summed E-state index contributed by atoms with van der Waals surface area (Å²) in [7, 11) is -12.5. The van der Waals surface area contributed by atoms with Crippen molar-refractivity contribution in [2.75, 3.05) is 45.0 Å². The molecule has 14 aromatic rings. The third kappa shape index (κ3) is 16.1. The van der Waals surface area contributed by atoms with Gasteiger partial charge in [0.2, 0.25) is 23.8 Å². The van der Waals surface area contributed by atoms with E-state index in [0.29, 0.717) is 5.56 Å². The van der Waals surface area contributed by atoms with E-state index >= 15 is 4.79 Å². The molecule has 39 nitrogen and oxygen atoms in total. The molecule has 2 aliphatic rings. The van der Waals surface area contributed by atoms with E-state index < -0.39 is 149 Å². The molecule has 126 heavy (non-hydrogen) atoms. The Morgan fingerprint density at radius 2 is 0.802 bits per heavy atom. The molecular weight excluding hydrogens is 1700 g/mol. The van der Waals surface area contributed by atoms with Gasteiger partial charge in [-0.3, -0.25) is 52.0 Å². The second-order valence-corrected chi connectivity index (χ2v) is 31.9. The fourth-order valence-electron chi connectivity index (χ4n) is 14.5. The number of nitrogens with one attached hydrogen (secondary N) is 6. The number of aromatic nitrogens is 8. The van der Waals surface area contributed by atoms with Crippen LogP contribution in [0.1, 0.15) is 84.4 Å². The van der Waals surface area contributed by atoms with Gasteiger partial charge in [0.05, 0.1) is 72.1 Å². The van der Waals surface area contributed by atoms with E-state index in [1.165, 1.54) is 91.5 Å². The molecule has 0 radical (unpaired) electrons. The van der Waals surface area contributed by atoms with Gasteiger partial charge < -0.3 is 70.2 Å². The molecule has 4 aromatic heterocycles. The highest BCUT2D eigenvalue weighted by Crippen LogP contribution is 2.48. The van der Waals surface area contributed by atoms with Crippen molar-refractivity contribution in [3.63, 3.8) is 0 Å². The van der Waals surface area contributed by atoms with E-state index in [2.05, 4.69) is 61.8 Å². The second kappa shape index (κ2) is 32.7. The molecule has 2 aliphatic carbocycles. The number of ketones is 4. The lowest BCUT2D eigenvalue weighted by molar-refractivity contribution is -0.121. The standard InChI is InChI=1S/C84H56N14O25S3/c1-97-59-23-21-55(65-67(59)63(51-15-6-8-17-53(51)73(65)103)69(75(97)105)71(101)40-11-4-3-5-12-40)87-44-19-25-62(126(117,118)119)58(34-44)90-82-92-80(94-84(96-82)123-49-32-43(78(109)110)30-47(37-49)121-39-100)86-28-27-85-79-91-81(95-83(93-79)122-48-31-42(77(107)108)29-46(36-48)120-38-99)88-45-20-26-61(125(114,115)116)57(35-45)89-56-22-24-60-68-64(52-16-7-9-18-54(52)74(104)66(56)68)70(76(106)98(60)2)72(102)41-13-10-14-50(33-41)124(111,112)113/h3-26,29-39,87,89H,27-28H2,1-2H3,(H,107,108)(H,109,110)(H,111,112,113)(H,114,115,116)(H,117,118,119)(H2,85,88,91,93,95)(H2,86,90,92,94,96). The maximum Gasteiger partial charge on any atom is 0.335 e. The van der Waals surface area contributed by atoms with Crippen LogP contribution in [0.3, 0.4) is 0 Å². The molecule has 0 aliphatic heterocycles. The van der Waals surface area contributed by atoms with Gasteiger partial charge in [0.15, 0.2) is 23.1 Å². The summed E-state index contributed by atoms with van der Waals surface area (Å²) < 4.78 is 134. The number of ether oxygens (including phenoxy) is 4. The Hall–Kier alpha value is -16.7. The van der Waals surface area contributed by atoms with Crippen LogP contribution >= 0.6 is 0 Å². The summed E-state index contributed by atoms with van der Waals surface area (Å²) in [5.41, 5.74) is -3.45. The minimum atomic E-state index is -5.21. The number of rotatable bonds is 30. The van der Waals surface area contributed by atoms with Crippen molar-refractivity contribution in [2.45, 2.75) is 14.7 Å².